The Morgan fingerprint density at radius 1 is 1.20 bits per heavy atom. The predicted molar refractivity (Wildman–Crippen MR) is 85.6 cm³/mol. The van der Waals surface area contributed by atoms with E-state index in [9.17, 15) is 22.8 Å². The van der Waals surface area contributed by atoms with Crippen LogP contribution in [0.3, 0.4) is 0 Å². The highest BCUT2D eigenvalue weighted by Crippen LogP contribution is 2.29. The Bertz CT molecular complexity index is 715. The van der Waals surface area contributed by atoms with Gasteiger partial charge in [0.15, 0.2) is 0 Å². The summed E-state index contributed by atoms with van der Waals surface area (Å²) >= 11 is 1.35. The third kappa shape index (κ3) is 5.79. The van der Waals surface area contributed by atoms with Crippen molar-refractivity contribution in [1.82, 2.24) is 5.32 Å². The maximum absolute atomic E-state index is 12.5. The molecule has 2 rings (SSSR count). The van der Waals surface area contributed by atoms with Crippen LogP contribution in [0, 0.1) is 0 Å². The normalized spacial score (nSPS) is 12.4. The monoisotopic (exact) mass is 372 g/mol. The molecule has 134 valence electrons. The van der Waals surface area contributed by atoms with Gasteiger partial charge >= 0.3 is 18.2 Å². The number of primary amides is 1. The summed E-state index contributed by atoms with van der Waals surface area (Å²) in [5, 5.41) is 4.25. The highest BCUT2D eigenvalue weighted by atomic mass is 32.1. The number of amides is 2. The minimum absolute atomic E-state index is 0.135. The molecule has 1 aromatic heterocycles. The Labute approximate surface area is 145 Å². The predicted octanol–water partition coefficient (Wildman–Crippen LogP) is 3.61. The van der Waals surface area contributed by atoms with Gasteiger partial charge in [0.2, 0.25) is 0 Å². The highest BCUT2D eigenvalue weighted by molar-refractivity contribution is 7.10. The number of benzene rings is 1. The van der Waals surface area contributed by atoms with Crippen molar-refractivity contribution in [2.45, 2.75) is 25.2 Å². The molecule has 0 radical (unpaired) electrons. The molecule has 0 saturated carbocycles. The third-order valence-electron chi connectivity index (χ3n) is 3.25. The number of carbonyl (C=O) groups is 2. The largest absolute Gasteiger partial charge is 0.461 e. The third-order valence-corrected chi connectivity index (χ3v) is 4.24. The molecule has 9 heteroatoms. The van der Waals surface area contributed by atoms with E-state index >= 15 is 0 Å². The molecule has 3 N–H and O–H groups in total. The van der Waals surface area contributed by atoms with Gasteiger partial charge in [0.1, 0.15) is 6.61 Å². The van der Waals surface area contributed by atoms with Gasteiger partial charge in [0, 0.05) is 4.88 Å². The number of nitrogens with two attached hydrogens (primary N) is 1. The van der Waals surface area contributed by atoms with E-state index in [2.05, 4.69) is 5.32 Å². The molecule has 0 bridgehead atoms. The van der Waals surface area contributed by atoms with Gasteiger partial charge in [0.25, 0.3) is 0 Å². The van der Waals surface area contributed by atoms with Crippen LogP contribution in [0.1, 0.15) is 28.5 Å². The first kappa shape index (κ1) is 18.8. The molecule has 2 aromatic rings. The molecule has 0 aliphatic carbocycles. The van der Waals surface area contributed by atoms with Crippen molar-refractivity contribution < 1.29 is 27.5 Å². The lowest BCUT2D eigenvalue weighted by molar-refractivity contribution is -0.145. The molecule has 0 unspecified atom stereocenters. The second-order valence-corrected chi connectivity index (χ2v) is 6.12. The fraction of sp³-hybridized carbons (Fsp3) is 0.250. The molecule has 0 aliphatic heterocycles. The summed E-state index contributed by atoms with van der Waals surface area (Å²) in [5.74, 6) is -0.605. The van der Waals surface area contributed by atoms with Crippen molar-refractivity contribution in [2.75, 3.05) is 0 Å². The van der Waals surface area contributed by atoms with Gasteiger partial charge in [-0.25, -0.2) is 4.79 Å². The molecular formula is C16H15F3N2O3S. The molecule has 25 heavy (non-hydrogen) atoms. The van der Waals surface area contributed by atoms with Crippen molar-refractivity contribution >= 4 is 23.3 Å². The van der Waals surface area contributed by atoms with E-state index in [0.717, 1.165) is 17.0 Å². The summed E-state index contributed by atoms with van der Waals surface area (Å²) in [6.07, 6.45) is -4.55. The second kappa shape index (κ2) is 8.02. The van der Waals surface area contributed by atoms with Crippen LogP contribution in [-0.2, 0) is 22.3 Å². The summed E-state index contributed by atoms with van der Waals surface area (Å²) in [7, 11) is 0. The zero-order valence-electron chi connectivity index (χ0n) is 12.9. The van der Waals surface area contributed by atoms with E-state index < -0.39 is 29.8 Å². The molecule has 0 saturated heterocycles. The van der Waals surface area contributed by atoms with Gasteiger partial charge in [-0.15, -0.1) is 11.3 Å². The summed E-state index contributed by atoms with van der Waals surface area (Å²) in [4.78, 5) is 23.7. The molecule has 2 amide bonds. The minimum Gasteiger partial charge on any atom is -0.461 e. The van der Waals surface area contributed by atoms with Crippen LogP contribution in [0.15, 0.2) is 41.8 Å². The number of thiophene rings is 1. The van der Waals surface area contributed by atoms with E-state index in [1.54, 1.807) is 17.5 Å². The first-order valence-corrected chi connectivity index (χ1v) is 8.05. The maximum atomic E-state index is 12.5. The number of carbonyl (C=O) groups excluding carboxylic acids is 2. The van der Waals surface area contributed by atoms with Crippen LogP contribution in [0.4, 0.5) is 18.0 Å². The first-order chi connectivity index (χ1) is 11.8. The Balaban J connectivity index is 1.91. The summed E-state index contributed by atoms with van der Waals surface area (Å²) in [5.41, 5.74) is 4.76. The second-order valence-electron chi connectivity index (χ2n) is 5.14. The zero-order valence-corrected chi connectivity index (χ0v) is 13.7. The maximum Gasteiger partial charge on any atom is 0.416 e. The highest BCUT2D eigenvalue weighted by Gasteiger charge is 2.30. The van der Waals surface area contributed by atoms with Gasteiger partial charge in [-0.2, -0.15) is 13.2 Å². The van der Waals surface area contributed by atoms with Gasteiger partial charge in [-0.05, 0) is 29.1 Å². The number of esters is 1. The summed E-state index contributed by atoms with van der Waals surface area (Å²) < 4.78 is 42.5. The smallest absolute Gasteiger partial charge is 0.416 e. The van der Waals surface area contributed by atoms with Crippen LogP contribution >= 0.6 is 11.3 Å². The van der Waals surface area contributed by atoms with E-state index in [1.165, 1.54) is 23.5 Å². The number of rotatable bonds is 6. The topological polar surface area (TPSA) is 81.4 Å². The standard InChI is InChI=1S/C16H15F3N2O3S/c17-16(18,19)11-5-3-10(4-6-11)9-24-14(22)8-12(21-15(20)23)13-2-1-7-25-13/h1-7,12H,8-9H2,(H3,20,21,23)/t12-/m0/s1. The molecule has 1 aromatic carbocycles. The Kier molecular flexibility index (Phi) is 6.02. The van der Waals surface area contributed by atoms with E-state index in [1.807, 2.05) is 0 Å². The fourth-order valence-electron chi connectivity index (χ4n) is 2.06. The van der Waals surface area contributed by atoms with Gasteiger partial charge < -0.3 is 15.8 Å². The van der Waals surface area contributed by atoms with Crippen LogP contribution in [0.25, 0.3) is 0 Å². The average Bonchev–Trinajstić information content (AvgIpc) is 3.06. The molecule has 0 fully saturated rings. The SMILES string of the molecule is NC(=O)N[C@@H](CC(=O)OCc1ccc(C(F)(F)F)cc1)c1cccs1. The number of halogens is 3. The van der Waals surface area contributed by atoms with Crippen LogP contribution < -0.4 is 11.1 Å². The summed E-state index contributed by atoms with van der Waals surface area (Å²) in [6, 6.07) is 6.46. The number of ether oxygens (including phenoxy) is 1. The van der Waals surface area contributed by atoms with E-state index in [-0.39, 0.29) is 13.0 Å². The quantitative estimate of drug-likeness (QED) is 0.760. The van der Waals surface area contributed by atoms with Crippen molar-refractivity contribution in [1.29, 1.82) is 0 Å². The molecule has 5 nitrogen and oxygen atoms in total. The van der Waals surface area contributed by atoms with E-state index in [4.69, 9.17) is 10.5 Å². The molecule has 1 atom stereocenters. The Morgan fingerprint density at radius 2 is 1.88 bits per heavy atom. The van der Waals surface area contributed by atoms with Crippen molar-refractivity contribution in [3.05, 3.63) is 57.8 Å². The molecule has 1 heterocycles. The van der Waals surface area contributed by atoms with Crippen molar-refractivity contribution in [3.8, 4) is 0 Å². The van der Waals surface area contributed by atoms with Crippen LogP contribution in [0.2, 0.25) is 0 Å². The van der Waals surface area contributed by atoms with Crippen LogP contribution in [-0.4, -0.2) is 12.0 Å². The van der Waals surface area contributed by atoms with Gasteiger partial charge in [-0.1, -0.05) is 18.2 Å². The number of nitrogens with one attached hydrogen (secondary N) is 1. The zero-order chi connectivity index (χ0) is 18.4. The average molecular weight is 372 g/mol. The molecule has 0 aliphatic rings. The number of alkyl halides is 3. The number of hydrogen-bond donors (Lipinski definition) is 2. The molecular weight excluding hydrogens is 357 g/mol. The van der Waals surface area contributed by atoms with Crippen LogP contribution in [0.5, 0.6) is 0 Å². The number of hydrogen-bond acceptors (Lipinski definition) is 4. The lowest BCUT2D eigenvalue weighted by atomic mass is 10.1. The lowest BCUT2D eigenvalue weighted by Crippen LogP contribution is -2.34. The minimum atomic E-state index is -4.41. The summed E-state index contributed by atoms with van der Waals surface area (Å²) in [6.45, 7) is -0.162. The van der Waals surface area contributed by atoms with Crippen molar-refractivity contribution in [3.63, 3.8) is 0 Å². The lowest BCUT2D eigenvalue weighted by Gasteiger charge is -2.15. The Hall–Kier alpha value is -2.55. The Morgan fingerprint density at radius 3 is 2.40 bits per heavy atom. The van der Waals surface area contributed by atoms with Crippen molar-refractivity contribution in [2.24, 2.45) is 5.73 Å². The van der Waals surface area contributed by atoms with E-state index in [0.29, 0.717) is 5.56 Å². The molecule has 0 spiro atoms. The fourth-order valence-corrected chi connectivity index (χ4v) is 2.84. The first-order valence-electron chi connectivity index (χ1n) is 7.17. The van der Waals surface area contributed by atoms with Gasteiger partial charge in [0.05, 0.1) is 18.0 Å². The van der Waals surface area contributed by atoms with Gasteiger partial charge in [-0.3, -0.25) is 4.79 Å². The number of urea groups is 1.